The molecule has 1 aliphatic heterocycles. The molecule has 0 aliphatic carbocycles. The summed E-state index contributed by atoms with van der Waals surface area (Å²) in [6.07, 6.45) is 4.86. The summed E-state index contributed by atoms with van der Waals surface area (Å²) in [5, 5.41) is 0. The standard InChI is InChI=1S/C8H11NO/c1-9-3-2-7-5-10-6-8(7)4-9/h5-6H,2-4H2,1H3. The van der Waals surface area contributed by atoms with E-state index in [9.17, 15) is 0 Å². The summed E-state index contributed by atoms with van der Waals surface area (Å²) in [6, 6.07) is 0. The molecular weight excluding hydrogens is 126 g/mol. The van der Waals surface area contributed by atoms with Gasteiger partial charge in [0, 0.05) is 18.7 Å². The summed E-state index contributed by atoms with van der Waals surface area (Å²) in [5.74, 6) is 0. The summed E-state index contributed by atoms with van der Waals surface area (Å²) < 4.78 is 5.09. The maximum Gasteiger partial charge on any atom is 0.0950 e. The Hall–Kier alpha value is -0.760. The van der Waals surface area contributed by atoms with Crippen LogP contribution in [0.1, 0.15) is 11.1 Å². The second-order valence-electron chi connectivity index (χ2n) is 2.91. The fraction of sp³-hybridized carbons (Fsp3) is 0.500. The van der Waals surface area contributed by atoms with Crippen LogP contribution in [0.2, 0.25) is 0 Å². The van der Waals surface area contributed by atoms with Crippen molar-refractivity contribution in [2.24, 2.45) is 0 Å². The second kappa shape index (κ2) is 2.13. The van der Waals surface area contributed by atoms with Crippen LogP contribution in [0, 0.1) is 0 Å². The summed E-state index contributed by atoms with van der Waals surface area (Å²) in [7, 11) is 2.13. The first-order valence-corrected chi connectivity index (χ1v) is 3.59. The van der Waals surface area contributed by atoms with Crippen molar-refractivity contribution in [3.8, 4) is 0 Å². The van der Waals surface area contributed by atoms with Crippen molar-refractivity contribution in [3.63, 3.8) is 0 Å². The van der Waals surface area contributed by atoms with Crippen LogP contribution in [0.25, 0.3) is 0 Å². The van der Waals surface area contributed by atoms with Gasteiger partial charge in [-0.3, -0.25) is 0 Å². The Kier molecular flexibility index (Phi) is 1.27. The first-order valence-electron chi connectivity index (χ1n) is 3.59. The van der Waals surface area contributed by atoms with E-state index in [1.165, 1.54) is 11.1 Å². The Balaban J connectivity index is 2.30. The topological polar surface area (TPSA) is 16.4 Å². The van der Waals surface area contributed by atoms with E-state index >= 15 is 0 Å². The minimum Gasteiger partial charge on any atom is -0.472 e. The zero-order chi connectivity index (χ0) is 6.97. The van der Waals surface area contributed by atoms with Gasteiger partial charge < -0.3 is 9.32 Å². The largest absolute Gasteiger partial charge is 0.472 e. The Morgan fingerprint density at radius 1 is 1.40 bits per heavy atom. The van der Waals surface area contributed by atoms with Crippen LogP contribution >= 0.6 is 0 Å². The van der Waals surface area contributed by atoms with Crippen molar-refractivity contribution in [1.29, 1.82) is 0 Å². The van der Waals surface area contributed by atoms with E-state index in [4.69, 9.17) is 4.42 Å². The van der Waals surface area contributed by atoms with Gasteiger partial charge in [0.1, 0.15) is 0 Å². The van der Waals surface area contributed by atoms with Crippen LogP contribution in [0.4, 0.5) is 0 Å². The molecule has 0 atom stereocenters. The first kappa shape index (κ1) is 5.98. The predicted molar refractivity (Wildman–Crippen MR) is 38.7 cm³/mol. The van der Waals surface area contributed by atoms with E-state index in [1.807, 2.05) is 12.5 Å². The van der Waals surface area contributed by atoms with Gasteiger partial charge >= 0.3 is 0 Å². The van der Waals surface area contributed by atoms with Gasteiger partial charge in [0.2, 0.25) is 0 Å². The van der Waals surface area contributed by atoms with Gasteiger partial charge in [-0.25, -0.2) is 0 Å². The zero-order valence-corrected chi connectivity index (χ0v) is 6.13. The average Bonchev–Trinajstić information content (AvgIpc) is 2.33. The minimum absolute atomic E-state index is 1.05. The minimum atomic E-state index is 1.05. The van der Waals surface area contributed by atoms with Crippen LogP contribution in [0.3, 0.4) is 0 Å². The van der Waals surface area contributed by atoms with Crippen LogP contribution in [-0.2, 0) is 13.0 Å². The van der Waals surface area contributed by atoms with E-state index in [1.54, 1.807) is 0 Å². The molecule has 10 heavy (non-hydrogen) atoms. The number of nitrogens with zero attached hydrogens (tertiary/aromatic N) is 1. The molecule has 2 heterocycles. The fourth-order valence-corrected chi connectivity index (χ4v) is 1.39. The van der Waals surface area contributed by atoms with E-state index in [0.29, 0.717) is 0 Å². The third-order valence-electron chi connectivity index (χ3n) is 2.04. The highest BCUT2D eigenvalue weighted by molar-refractivity contribution is 5.23. The average molecular weight is 137 g/mol. The third kappa shape index (κ3) is 0.847. The van der Waals surface area contributed by atoms with Gasteiger partial charge in [0.15, 0.2) is 0 Å². The van der Waals surface area contributed by atoms with Gasteiger partial charge in [0.05, 0.1) is 12.5 Å². The number of fused-ring (bicyclic) bond motifs is 1. The Bertz CT molecular complexity index is 229. The highest BCUT2D eigenvalue weighted by Gasteiger charge is 2.13. The molecule has 0 aromatic carbocycles. The van der Waals surface area contributed by atoms with Crippen molar-refractivity contribution in [2.45, 2.75) is 13.0 Å². The maximum absolute atomic E-state index is 5.09. The van der Waals surface area contributed by atoms with Crippen LogP contribution in [0.5, 0.6) is 0 Å². The SMILES string of the molecule is CN1CCc2cocc2C1. The van der Waals surface area contributed by atoms with Crippen molar-refractivity contribution in [3.05, 3.63) is 23.7 Å². The lowest BCUT2D eigenvalue weighted by molar-refractivity contribution is 0.313. The summed E-state index contributed by atoms with van der Waals surface area (Å²) in [6.45, 7) is 2.21. The monoisotopic (exact) mass is 137 g/mol. The lowest BCUT2D eigenvalue weighted by Crippen LogP contribution is -2.25. The van der Waals surface area contributed by atoms with E-state index < -0.39 is 0 Å². The van der Waals surface area contributed by atoms with Gasteiger partial charge in [-0.1, -0.05) is 0 Å². The smallest absolute Gasteiger partial charge is 0.0950 e. The number of rotatable bonds is 0. The molecule has 0 spiro atoms. The van der Waals surface area contributed by atoms with E-state index in [0.717, 1.165) is 19.5 Å². The Labute approximate surface area is 60.4 Å². The van der Waals surface area contributed by atoms with Gasteiger partial charge in [0.25, 0.3) is 0 Å². The van der Waals surface area contributed by atoms with Crippen molar-refractivity contribution in [2.75, 3.05) is 13.6 Å². The fourth-order valence-electron chi connectivity index (χ4n) is 1.39. The normalized spacial score (nSPS) is 18.9. The van der Waals surface area contributed by atoms with E-state index in [-0.39, 0.29) is 0 Å². The molecule has 2 rings (SSSR count). The highest BCUT2D eigenvalue weighted by Crippen LogP contribution is 2.17. The molecule has 0 fully saturated rings. The van der Waals surface area contributed by atoms with Gasteiger partial charge in [-0.15, -0.1) is 0 Å². The number of furan rings is 1. The van der Waals surface area contributed by atoms with Gasteiger partial charge in [-0.05, 0) is 19.0 Å². The molecule has 0 unspecified atom stereocenters. The Morgan fingerprint density at radius 2 is 2.20 bits per heavy atom. The molecule has 1 aliphatic rings. The first-order chi connectivity index (χ1) is 4.86. The summed E-state index contributed by atoms with van der Waals surface area (Å²) in [4.78, 5) is 2.30. The quantitative estimate of drug-likeness (QED) is 0.535. The molecule has 0 amide bonds. The Morgan fingerprint density at radius 3 is 3.10 bits per heavy atom. The van der Waals surface area contributed by atoms with Gasteiger partial charge in [-0.2, -0.15) is 0 Å². The number of likely N-dealkylation sites (N-methyl/N-ethyl adjacent to an activating group) is 1. The third-order valence-corrected chi connectivity index (χ3v) is 2.04. The lowest BCUT2D eigenvalue weighted by atomic mass is 10.1. The molecule has 0 bridgehead atoms. The summed E-state index contributed by atoms with van der Waals surface area (Å²) >= 11 is 0. The lowest BCUT2D eigenvalue weighted by Gasteiger charge is -2.20. The molecular formula is C8H11NO. The number of hydrogen-bond donors (Lipinski definition) is 0. The van der Waals surface area contributed by atoms with Crippen molar-refractivity contribution >= 4 is 0 Å². The van der Waals surface area contributed by atoms with Crippen LogP contribution < -0.4 is 0 Å². The van der Waals surface area contributed by atoms with Crippen LogP contribution in [-0.4, -0.2) is 18.5 Å². The molecule has 1 aromatic rings. The maximum atomic E-state index is 5.09. The molecule has 0 saturated carbocycles. The molecule has 2 heteroatoms. The summed E-state index contributed by atoms with van der Waals surface area (Å²) in [5.41, 5.74) is 2.74. The molecule has 1 aromatic heterocycles. The number of hydrogen-bond acceptors (Lipinski definition) is 2. The highest BCUT2D eigenvalue weighted by atomic mass is 16.3. The van der Waals surface area contributed by atoms with Crippen LogP contribution in [0.15, 0.2) is 16.9 Å². The molecule has 0 N–H and O–H groups in total. The molecule has 54 valence electrons. The van der Waals surface area contributed by atoms with Crippen molar-refractivity contribution in [1.82, 2.24) is 4.90 Å². The van der Waals surface area contributed by atoms with Crippen molar-refractivity contribution < 1.29 is 4.42 Å². The zero-order valence-electron chi connectivity index (χ0n) is 6.13. The molecule has 0 saturated heterocycles. The molecule has 2 nitrogen and oxygen atoms in total. The predicted octanol–water partition coefficient (Wildman–Crippen LogP) is 1.27. The second-order valence-corrected chi connectivity index (χ2v) is 2.91. The van der Waals surface area contributed by atoms with E-state index in [2.05, 4.69) is 11.9 Å². The molecule has 0 radical (unpaired) electrons.